The maximum absolute atomic E-state index is 12.4. The van der Waals surface area contributed by atoms with Gasteiger partial charge in [-0.15, -0.1) is 11.3 Å². The lowest BCUT2D eigenvalue weighted by Crippen LogP contribution is -2.53. The Morgan fingerprint density at radius 2 is 2.05 bits per heavy atom. The zero-order valence-electron chi connectivity index (χ0n) is 13.0. The number of sulfonamides is 1. The number of nitrogens with one attached hydrogen (secondary N) is 2. The molecule has 0 aliphatic carbocycles. The lowest BCUT2D eigenvalue weighted by Gasteiger charge is -2.34. The number of carbonyl (C=O) groups excluding carboxylic acids is 1. The molecular formula is C13H23N3O3S2. The second kappa shape index (κ2) is 6.76. The van der Waals surface area contributed by atoms with Gasteiger partial charge in [0.05, 0.1) is 0 Å². The van der Waals surface area contributed by atoms with E-state index in [4.69, 9.17) is 0 Å². The van der Waals surface area contributed by atoms with Crippen LogP contribution in [0.15, 0.2) is 21.7 Å². The summed E-state index contributed by atoms with van der Waals surface area (Å²) in [6.07, 6.45) is 0. The van der Waals surface area contributed by atoms with Crippen LogP contribution in [-0.2, 0) is 10.0 Å². The van der Waals surface area contributed by atoms with E-state index in [-0.39, 0.29) is 24.0 Å². The molecule has 120 valence electrons. The Morgan fingerprint density at radius 1 is 1.43 bits per heavy atom. The highest BCUT2D eigenvalue weighted by Crippen LogP contribution is 2.24. The summed E-state index contributed by atoms with van der Waals surface area (Å²) in [6.45, 7) is 6.08. The molecule has 2 amide bonds. The molecule has 1 rings (SSSR count). The van der Waals surface area contributed by atoms with Crippen LogP contribution in [0.3, 0.4) is 0 Å². The Balaban J connectivity index is 2.91. The van der Waals surface area contributed by atoms with Gasteiger partial charge in [-0.3, -0.25) is 0 Å². The average Bonchev–Trinajstić information content (AvgIpc) is 2.90. The molecule has 0 aromatic carbocycles. The van der Waals surface area contributed by atoms with Crippen molar-refractivity contribution in [2.45, 2.75) is 31.0 Å². The molecular weight excluding hydrogens is 310 g/mol. The number of rotatable bonds is 5. The number of hydrogen-bond acceptors (Lipinski definition) is 4. The summed E-state index contributed by atoms with van der Waals surface area (Å²) < 4.78 is 26.4. The van der Waals surface area contributed by atoms with Gasteiger partial charge in [-0.2, -0.15) is 4.31 Å². The molecule has 2 N–H and O–H groups in total. The minimum absolute atomic E-state index is 0.206. The number of urea groups is 1. The zero-order chi connectivity index (χ0) is 16.3. The Labute approximate surface area is 130 Å². The molecule has 6 nitrogen and oxygen atoms in total. The smallest absolute Gasteiger partial charge is 0.314 e. The van der Waals surface area contributed by atoms with Crippen LogP contribution in [0.5, 0.6) is 0 Å². The van der Waals surface area contributed by atoms with Gasteiger partial charge in [-0.05, 0) is 16.9 Å². The fourth-order valence-corrected chi connectivity index (χ4v) is 4.07. The summed E-state index contributed by atoms with van der Waals surface area (Å²) in [5.41, 5.74) is -0.272. The molecule has 0 radical (unpaired) electrons. The summed E-state index contributed by atoms with van der Waals surface area (Å²) in [7, 11) is -0.457. The van der Waals surface area contributed by atoms with E-state index in [0.29, 0.717) is 4.21 Å². The largest absolute Gasteiger partial charge is 0.341 e. The minimum atomic E-state index is -3.51. The number of nitrogens with zero attached hydrogens (tertiary/aromatic N) is 1. The highest BCUT2D eigenvalue weighted by molar-refractivity contribution is 7.91. The summed E-state index contributed by atoms with van der Waals surface area (Å²) in [4.78, 5) is 11.5. The first kappa shape index (κ1) is 17.9. The van der Waals surface area contributed by atoms with Crippen molar-refractivity contribution < 1.29 is 13.2 Å². The van der Waals surface area contributed by atoms with Crippen LogP contribution in [0.25, 0.3) is 0 Å². The van der Waals surface area contributed by atoms with Crippen LogP contribution in [0.2, 0.25) is 0 Å². The standard InChI is InChI=1S/C13H23N3O3S2/c1-13(2,3)10(15-12(17)14-4)9-16(5)21(18,19)11-7-6-8-20-11/h6-8,10H,9H2,1-5H3,(H2,14,15,17). The third-order valence-corrected chi connectivity index (χ3v) is 6.37. The first-order valence-electron chi connectivity index (χ1n) is 6.57. The molecule has 0 saturated heterocycles. The fourth-order valence-electron chi connectivity index (χ4n) is 1.69. The summed E-state index contributed by atoms with van der Waals surface area (Å²) in [5, 5.41) is 7.02. The summed E-state index contributed by atoms with van der Waals surface area (Å²) >= 11 is 1.18. The van der Waals surface area contributed by atoms with E-state index in [2.05, 4.69) is 10.6 Å². The summed E-state index contributed by atoms with van der Waals surface area (Å²) in [5.74, 6) is 0. The Bertz CT molecular complexity index is 562. The molecule has 0 bridgehead atoms. The maximum atomic E-state index is 12.4. The van der Waals surface area contributed by atoms with E-state index in [1.165, 1.54) is 29.7 Å². The topological polar surface area (TPSA) is 78.5 Å². The Hall–Kier alpha value is -1.12. The SMILES string of the molecule is CNC(=O)NC(CN(C)S(=O)(=O)c1cccs1)C(C)(C)C. The first-order chi connectivity index (χ1) is 9.59. The molecule has 0 aliphatic heterocycles. The van der Waals surface area contributed by atoms with Crippen molar-refractivity contribution in [3.05, 3.63) is 17.5 Å². The predicted molar refractivity (Wildman–Crippen MR) is 85.0 cm³/mol. The van der Waals surface area contributed by atoms with Gasteiger partial charge in [0.25, 0.3) is 10.0 Å². The molecule has 0 saturated carbocycles. The van der Waals surface area contributed by atoms with Gasteiger partial charge < -0.3 is 10.6 Å². The number of thiophene rings is 1. The predicted octanol–water partition coefficient (Wildman–Crippen LogP) is 1.71. The normalized spacial score (nSPS) is 14.0. The maximum Gasteiger partial charge on any atom is 0.314 e. The molecule has 0 spiro atoms. The second-order valence-corrected chi connectivity index (χ2v) is 9.08. The highest BCUT2D eigenvalue weighted by Gasteiger charge is 2.31. The van der Waals surface area contributed by atoms with Crippen molar-refractivity contribution in [2.75, 3.05) is 20.6 Å². The van der Waals surface area contributed by atoms with Gasteiger partial charge in [-0.25, -0.2) is 13.2 Å². The van der Waals surface area contributed by atoms with Gasteiger partial charge in [0.2, 0.25) is 0 Å². The van der Waals surface area contributed by atoms with Gasteiger partial charge in [0, 0.05) is 26.7 Å². The average molecular weight is 333 g/mol. The molecule has 0 aliphatic rings. The van der Waals surface area contributed by atoms with Crippen LogP contribution in [0.1, 0.15) is 20.8 Å². The van der Waals surface area contributed by atoms with Crippen LogP contribution in [0.4, 0.5) is 4.79 Å². The van der Waals surface area contributed by atoms with Gasteiger partial charge in [0.15, 0.2) is 0 Å². The third-order valence-electron chi connectivity index (χ3n) is 3.18. The third kappa shape index (κ3) is 4.69. The lowest BCUT2D eigenvalue weighted by molar-refractivity contribution is 0.209. The van der Waals surface area contributed by atoms with Crippen molar-refractivity contribution in [1.29, 1.82) is 0 Å². The number of hydrogen-bond donors (Lipinski definition) is 2. The van der Waals surface area contributed by atoms with Crippen molar-refractivity contribution in [2.24, 2.45) is 5.41 Å². The van der Waals surface area contributed by atoms with Gasteiger partial charge >= 0.3 is 6.03 Å². The van der Waals surface area contributed by atoms with Crippen molar-refractivity contribution in [3.8, 4) is 0 Å². The molecule has 1 unspecified atom stereocenters. The number of likely N-dealkylation sites (N-methyl/N-ethyl adjacent to an activating group) is 1. The quantitative estimate of drug-likeness (QED) is 0.861. The number of amides is 2. The zero-order valence-corrected chi connectivity index (χ0v) is 14.6. The second-order valence-electron chi connectivity index (χ2n) is 5.86. The highest BCUT2D eigenvalue weighted by atomic mass is 32.2. The molecule has 1 aromatic heterocycles. The lowest BCUT2D eigenvalue weighted by atomic mass is 9.87. The van der Waals surface area contributed by atoms with Crippen LogP contribution in [-0.4, -0.2) is 45.4 Å². The molecule has 1 atom stereocenters. The van der Waals surface area contributed by atoms with Crippen molar-refractivity contribution >= 4 is 27.4 Å². The Morgan fingerprint density at radius 3 is 2.48 bits per heavy atom. The van der Waals surface area contributed by atoms with Crippen LogP contribution in [0, 0.1) is 5.41 Å². The van der Waals surface area contributed by atoms with E-state index < -0.39 is 10.0 Å². The van der Waals surface area contributed by atoms with Gasteiger partial charge in [0.1, 0.15) is 4.21 Å². The first-order valence-corrected chi connectivity index (χ1v) is 8.89. The monoisotopic (exact) mass is 333 g/mol. The van der Waals surface area contributed by atoms with Gasteiger partial charge in [-0.1, -0.05) is 26.8 Å². The minimum Gasteiger partial charge on any atom is -0.341 e. The molecule has 21 heavy (non-hydrogen) atoms. The van der Waals surface area contributed by atoms with Crippen LogP contribution >= 0.6 is 11.3 Å². The summed E-state index contributed by atoms with van der Waals surface area (Å²) in [6, 6.07) is 2.65. The molecule has 8 heteroatoms. The van der Waals surface area contributed by atoms with E-state index in [9.17, 15) is 13.2 Å². The van der Waals surface area contributed by atoms with E-state index in [1.54, 1.807) is 17.5 Å². The van der Waals surface area contributed by atoms with E-state index >= 15 is 0 Å². The van der Waals surface area contributed by atoms with Crippen LogP contribution < -0.4 is 10.6 Å². The molecule has 1 heterocycles. The van der Waals surface area contributed by atoms with E-state index in [0.717, 1.165) is 0 Å². The number of carbonyl (C=O) groups is 1. The van der Waals surface area contributed by atoms with E-state index in [1.807, 2.05) is 20.8 Å². The molecule has 0 fully saturated rings. The van der Waals surface area contributed by atoms with Crippen molar-refractivity contribution in [1.82, 2.24) is 14.9 Å². The Kier molecular flexibility index (Phi) is 5.77. The molecule has 1 aromatic rings. The van der Waals surface area contributed by atoms with Crippen molar-refractivity contribution in [3.63, 3.8) is 0 Å². The fraction of sp³-hybridized carbons (Fsp3) is 0.615.